The summed E-state index contributed by atoms with van der Waals surface area (Å²) in [6, 6.07) is 6.73. The van der Waals surface area contributed by atoms with Gasteiger partial charge in [-0.25, -0.2) is 9.07 Å². The maximum absolute atomic E-state index is 13.4. The number of hydrogen-bond donors (Lipinski definition) is 1. The lowest BCUT2D eigenvalue weighted by Gasteiger charge is -2.08. The second kappa shape index (κ2) is 3.82. The van der Waals surface area contributed by atoms with Gasteiger partial charge in [0.2, 0.25) is 0 Å². The first kappa shape index (κ1) is 9.86. The topological polar surface area (TPSA) is 43.8 Å². The molecule has 0 saturated carbocycles. The molecule has 0 radical (unpaired) electrons. The van der Waals surface area contributed by atoms with Crippen LogP contribution in [0.15, 0.2) is 30.5 Å². The Kier molecular flexibility index (Phi) is 2.51. The van der Waals surface area contributed by atoms with E-state index in [1.54, 1.807) is 23.0 Å². The molecule has 0 unspecified atom stereocenters. The fraction of sp³-hybridized carbons (Fsp3) is 0.182. The zero-order valence-corrected chi connectivity index (χ0v) is 8.44. The highest BCUT2D eigenvalue weighted by molar-refractivity contribution is 5.41. The third kappa shape index (κ3) is 1.76. The minimum atomic E-state index is -0.289. The summed E-state index contributed by atoms with van der Waals surface area (Å²) >= 11 is 0. The zero-order valence-electron chi connectivity index (χ0n) is 8.44. The molecule has 0 aliphatic carbocycles. The van der Waals surface area contributed by atoms with E-state index in [0.29, 0.717) is 11.3 Å². The first-order chi connectivity index (χ1) is 7.22. The molecule has 78 valence electrons. The second-order valence-corrected chi connectivity index (χ2v) is 3.34. The molecule has 2 N–H and O–H groups in total. The Balaban J connectivity index is 2.57. The molecule has 1 heterocycles. The van der Waals surface area contributed by atoms with Crippen molar-refractivity contribution >= 4 is 0 Å². The first-order valence-electron chi connectivity index (χ1n) is 4.72. The van der Waals surface area contributed by atoms with Gasteiger partial charge in [-0.15, -0.1) is 0 Å². The van der Waals surface area contributed by atoms with Crippen LogP contribution in [-0.2, 0) is 6.54 Å². The van der Waals surface area contributed by atoms with Gasteiger partial charge in [0.25, 0.3) is 0 Å². The van der Waals surface area contributed by atoms with Crippen LogP contribution < -0.4 is 5.73 Å². The summed E-state index contributed by atoms with van der Waals surface area (Å²) in [4.78, 5) is 0. The van der Waals surface area contributed by atoms with E-state index in [2.05, 4.69) is 5.10 Å². The fourth-order valence-corrected chi connectivity index (χ4v) is 1.51. The van der Waals surface area contributed by atoms with E-state index < -0.39 is 0 Å². The van der Waals surface area contributed by atoms with Crippen molar-refractivity contribution in [2.45, 2.75) is 13.5 Å². The van der Waals surface area contributed by atoms with Crippen LogP contribution in [0.2, 0.25) is 0 Å². The van der Waals surface area contributed by atoms with Crippen molar-refractivity contribution in [3.63, 3.8) is 0 Å². The summed E-state index contributed by atoms with van der Waals surface area (Å²) in [6.45, 7) is 2.05. The molecular weight excluding hydrogens is 193 g/mol. The van der Waals surface area contributed by atoms with Crippen LogP contribution in [0.1, 0.15) is 11.3 Å². The van der Waals surface area contributed by atoms with Crippen molar-refractivity contribution in [3.8, 4) is 5.69 Å². The van der Waals surface area contributed by atoms with Crippen LogP contribution >= 0.6 is 0 Å². The van der Waals surface area contributed by atoms with Gasteiger partial charge in [-0.2, -0.15) is 5.10 Å². The summed E-state index contributed by atoms with van der Waals surface area (Å²) in [5.74, 6) is -0.289. The number of rotatable bonds is 2. The highest BCUT2D eigenvalue weighted by atomic mass is 19.1. The van der Waals surface area contributed by atoms with Gasteiger partial charge in [-0.3, -0.25) is 0 Å². The van der Waals surface area contributed by atoms with Crippen molar-refractivity contribution in [1.82, 2.24) is 9.78 Å². The number of hydrogen-bond acceptors (Lipinski definition) is 2. The maximum atomic E-state index is 13.4. The van der Waals surface area contributed by atoms with E-state index in [1.807, 2.05) is 13.0 Å². The molecule has 1 aromatic carbocycles. The fourth-order valence-electron chi connectivity index (χ4n) is 1.51. The molecule has 4 heteroatoms. The van der Waals surface area contributed by atoms with Gasteiger partial charge in [0.15, 0.2) is 0 Å². The molecule has 0 spiro atoms. The number of nitrogens with zero attached hydrogens (tertiary/aromatic N) is 2. The van der Waals surface area contributed by atoms with E-state index in [4.69, 9.17) is 5.73 Å². The van der Waals surface area contributed by atoms with Crippen molar-refractivity contribution in [1.29, 1.82) is 0 Å². The van der Waals surface area contributed by atoms with Crippen molar-refractivity contribution in [2.75, 3.05) is 0 Å². The molecule has 0 saturated heterocycles. The monoisotopic (exact) mass is 205 g/mol. The van der Waals surface area contributed by atoms with Gasteiger partial charge in [-0.1, -0.05) is 6.07 Å². The third-order valence-corrected chi connectivity index (χ3v) is 2.27. The summed E-state index contributed by atoms with van der Waals surface area (Å²) < 4.78 is 15.1. The summed E-state index contributed by atoms with van der Waals surface area (Å²) in [5, 5.41) is 4.23. The standard InChI is InChI=1S/C11H12FN3/c1-8-5-6-15(14-8)11-4-2-3-10(12)9(11)7-13/h2-6H,7,13H2,1H3. The lowest BCUT2D eigenvalue weighted by Crippen LogP contribution is -2.07. The molecule has 0 aliphatic heterocycles. The van der Waals surface area contributed by atoms with Crippen molar-refractivity contribution < 1.29 is 4.39 Å². The Morgan fingerprint density at radius 1 is 1.40 bits per heavy atom. The molecule has 0 aliphatic rings. The molecule has 3 nitrogen and oxygen atoms in total. The Morgan fingerprint density at radius 3 is 2.80 bits per heavy atom. The second-order valence-electron chi connectivity index (χ2n) is 3.34. The smallest absolute Gasteiger partial charge is 0.129 e. The van der Waals surface area contributed by atoms with Crippen LogP contribution in [0.3, 0.4) is 0 Å². The van der Waals surface area contributed by atoms with Gasteiger partial charge in [0.1, 0.15) is 5.82 Å². The summed E-state index contributed by atoms with van der Waals surface area (Å²) in [6.07, 6.45) is 1.79. The Morgan fingerprint density at radius 2 is 2.20 bits per heavy atom. The van der Waals surface area contributed by atoms with E-state index in [-0.39, 0.29) is 12.4 Å². The van der Waals surface area contributed by atoms with Crippen LogP contribution in [0.4, 0.5) is 4.39 Å². The quantitative estimate of drug-likeness (QED) is 0.812. The van der Waals surface area contributed by atoms with Gasteiger partial charge < -0.3 is 5.73 Å². The average molecular weight is 205 g/mol. The molecule has 1 aromatic heterocycles. The first-order valence-corrected chi connectivity index (χ1v) is 4.72. The Labute approximate surface area is 87.3 Å². The maximum Gasteiger partial charge on any atom is 0.129 e. The molecule has 0 amide bonds. The molecule has 0 atom stereocenters. The predicted octanol–water partition coefficient (Wildman–Crippen LogP) is 1.78. The minimum absolute atomic E-state index is 0.168. The van der Waals surface area contributed by atoms with Crippen LogP contribution in [0, 0.1) is 12.7 Å². The van der Waals surface area contributed by atoms with Gasteiger partial charge in [-0.05, 0) is 25.1 Å². The molecular formula is C11H12FN3. The van der Waals surface area contributed by atoms with Gasteiger partial charge in [0.05, 0.1) is 11.4 Å². The van der Waals surface area contributed by atoms with Crippen LogP contribution in [0.5, 0.6) is 0 Å². The number of aromatic nitrogens is 2. The highest BCUT2D eigenvalue weighted by Gasteiger charge is 2.08. The molecule has 2 rings (SSSR count). The number of aryl methyl sites for hydroxylation is 1. The van der Waals surface area contributed by atoms with Crippen LogP contribution in [0.25, 0.3) is 5.69 Å². The highest BCUT2D eigenvalue weighted by Crippen LogP contribution is 2.16. The number of benzene rings is 1. The summed E-state index contributed by atoms with van der Waals surface area (Å²) in [5.41, 5.74) is 7.59. The average Bonchev–Trinajstić information content (AvgIpc) is 2.64. The molecule has 2 aromatic rings. The number of nitrogens with two attached hydrogens (primary N) is 1. The summed E-state index contributed by atoms with van der Waals surface area (Å²) in [7, 11) is 0. The van der Waals surface area contributed by atoms with E-state index >= 15 is 0 Å². The van der Waals surface area contributed by atoms with E-state index in [1.165, 1.54) is 6.07 Å². The van der Waals surface area contributed by atoms with Crippen molar-refractivity contribution in [3.05, 3.63) is 47.5 Å². The lowest BCUT2D eigenvalue weighted by atomic mass is 10.1. The zero-order chi connectivity index (χ0) is 10.8. The SMILES string of the molecule is Cc1ccn(-c2cccc(F)c2CN)n1. The largest absolute Gasteiger partial charge is 0.326 e. The van der Waals surface area contributed by atoms with Gasteiger partial charge in [0, 0.05) is 18.3 Å². The molecule has 0 bridgehead atoms. The predicted molar refractivity (Wildman–Crippen MR) is 56.2 cm³/mol. The van der Waals surface area contributed by atoms with Gasteiger partial charge >= 0.3 is 0 Å². The lowest BCUT2D eigenvalue weighted by molar-refractivity contribution is 0.607. The molecule has 15 heavy (non-hydrogen) atoms. The van der Waals surface area contributed by atoms with Crippen LogP contribution in [-0.4, -0.2) is 9.78 Å². The minimum Gasteiger partial charge on any atom is -0.326 e. The third-order valence-electron chi connectivity index (χ3n) is 2.27. The Hall–Kier alpha value is -1.68. The Bertz CT molecular complexity index is 476. The van der Waals surface area contributed by atoms with E-state index in [9.17, 15) is 4.39 Å². The van der Waals surface area contributed by atoms with E-state index in [0.717, 1.165) is 5.69 Å². The number of halogens is 1. The molecule has 0 fully saturated rings. The normalized spacial score (nSPS) is 10.6. The van der Waals surface area contributed by atoms with Crippen molar-refractivity contribution in [2.24, 2.45) is 5.73 Å².